The summed E-state index contributed by atoms with van der Waals surface area (Å²) in [5.41, 5.74) is 10.0. The van der Waals surface area contributed by atoms with Crippen LogP contribution in [0.2, 0.25) is 0 Å². The highest BCUT2D eigenvalue weighted by molar-refractivity contribution is 7.80. The van der Waals surface area contributed by atoms with Gasteiger partial charge in [-0.15, -0.1) is 0 Å². The molecule has 2 aromatic carbocycles. The zero-order valence-electron chi connectivity index (χ0n) is 14.0. The summed E-state index contributed by atoms with van der Waals surface area (Å²) in [6.45, 7) is 2.04. The van der Waals surface area contributed by atoms with Gasteiger partial charge in [-0.1, -0.05) is 42.5 Å². The van der Waals surface area contributed by atoms with Gasteiger partial charge in [0.25, 0.3) is 0 Å². The quantitative estimate of drug-likeness (QED) is 0.568. The molecular formula is C19H22N4OS. The second-order valence-electron chi connectivity index (χ2n) is 6.05. The average molecular weight is 354 g/mol. The summed E-state index contributed by atoms with van der Waals surface area (Å²) < 4.78 is 0. The lowest BCUT2D eigenvalue weighted by atomic mass is 10.1. The number of aliphatic hydroxyl groups excluding tert-OH is 1. The maximum Gasteiger partial charge on any atom is 0.0827 e. The van der Waals surface area contributed by atoms with E-state index in [9.17, 15) is 0 Å². The van der Waals surface area contributed by atoms with Gasteiger partial charge in [0.15, 0.2) is 0 Å². The molecule has 3 rings (SSSR count). The fourth-order valence-electron chi connectivity index (χ4n) is 2.81. The highest BCUT2D eigenvalue weighted by Crippen LogP contribution is 2.15. The lowest BCUT2D eigenvalue weighted by Crippen LogP contribution is -2.34. The third-order valence-electron chi connectivity index (χ3n) is 4.19. The van der Waals surface area contributed by atoms with E-state index in [1.165, 1.54) is 0 Å². The molecule has 130 valence electrons. The molecule has 1 aromatic heterocycles. The number of benzene rings is 2. The number of thiocarbonyl (C=S) groups is 1. The molecule has 0 fully saturated rings. The Balaban J connectivity index is 1.70. The van der Waals surface area contributed by atoms with Gasteiger partial charge >= 0.3 is 0 Å². The fraction of sp³-hybridized carbons (Fsp3) is 0.263. The normalized spacial score (nSPS) is 11.0. The standard InChI is InChI=1S/C19H22N4OS/c20-7-8-23(12-14-1-3-15(13-24)4-2-14)19(25)10-16-5-6-18-17(9-16)11-21-22-18/h1-6,9,11,24H,7-8,10,12-13,20H2,(H,21,22). The maximum atomic E-state index is 9.15. The second kappa shape index (κ2) is 8.20. The number of hydrogen-bond donors (Lipinski definition) is 3. The largest absolute Gasteiger partial charge is 0.392 e. The number of nitrogens with two attached hydrogens (primary N) is 1. The Kier molecular flexibility index (Phi) is 5.75. The molecule has 0 radical (unpaired) electrons. The van der Waals surface area contributed by atoms with Gasteiger partial charge in [0.05, 0.1) is 23.3 Å². The van der Waals surface area contributed by atoms with Crippen LogP contribution in [0.15, 0.2) is 48.7 Å². The Labute approximate surface area is 152 Å². The highest BCUT2D eigenvalue weighted by Gasteiger charge is 2.11. The topological polar surface area (TPSA) is 78.2 Å². The minimum Gasteiger partial charge on any atom is -0.392 e. The van der Waals surface area contributed by atoms with Crippen molar-refractivity contribution in [3.8, 4) is 0 Å². The number of hydrogen-bond acceptors (Lipinski definition) is 4. The van der Waals surface area contributed by atoms with Crippen molar-refractivity contribution in [3.05, 3.63) is 65.4 Å². The Morgan fingerprint density at radius 3 is 2.56 bits per heavy atom. The van der Waals surface area contributed by atoms with Gasteiger partial charge in [0, 0.05) is 31.4 Å². The molecule has 0 bridgehead atoms. The molecule has 1 heterocycles. The van der Waals surface area contributed by atoms with Crippen LogP contribution in [0.3, 0.4) is 0 Å². The zero-order chi connectivity index (χ0) is 17.6. The van der Waals surface area contributed by atoms with Crippen LogP contribution in [0.25, 0.3) is 10.9 Å². The summed E-state index contributed by atoms with van der Waals surface area (Å²) in [5, 5.41) is 17.3. The first-order valence-corrected chi connectivity index (χ1v) is 8.69. The van der Waals surface area contributed by atoms with E-state index in [1.807, 2.05) is 36.5 Å². The molecule has 0 aliphatic heterocycles. The van der Waals surface area contributed by atoms with Crippen LogP contribution in [0.1, 0.15) is 16.7 Å². The van der Waals surface area contributed by atoms with E-state index in [0.717, 1.165) is 39.1 Å². The minimum absolute atomic E-state index is 0.0572. The molecule has 0 atom stereocenters. The van der Waals surface area contributed by atoms with Crippen molar-refractivity contribution in [2.75, 3.05) is 13.1 Å². The summed E-state index contributed by atoms with van der Waals surface area (Å²) in [6, 6.07) is 14.1. The molecule has 0 aliphatic carbocycles. The zero-order valence-corrected chi connectivity index (χ0v) is 14.8. The van der Waals surface area contributed by atoms with Gasteiger partial charge in [0.1, 0.15) is 0 Å². The highest BCUT2D eigenvalue weighted by atomic mass is 32.1. The Hall–Kier alpha value is -2.28. The van der Waals surface area contributed by atoms with Crippen LogP contribution in [0.4, 0.5) is 0 Å². The minimum atomic E-state index is 0.0572. The molecule has 0 amide bonds. The first-order chi connectivity index (χ1) is 12.2. The first kappa shape index (κ1) is 17.5. The van der Waals surface area contributed by atoms with Gasteiger partial charge in [-0.05, 0) is 28.8 Å². The van der Waals surface area contributed by atoms with E-state index in [1.54, 1.807) is 0 Å². The van der Waals surface area contributed by atoms with Crippen LogP contribution in [-0.2, 0) is 19.6 Å². The van der Waals surface area contributed by atoms with E-state index in [0.29, 0.717) is 19.5 Å². The van der Waals surface area contributed by atoms with E-state index in [2.05, 4.69) is 27.2 Å². The number of aromatic nitrogens is 2. The summed E-state index contributed by atoms with van der Waals surface area (Å²) in [5.74, 6) is 0. The van der Waals surface area contributed by atoms with Crippen LogP contribution in [0.5, 0.6) is 0 Å². The van der Waals surface area contributed by atoms with Crippen molar-refractivity contribution >= 4 is 28.1 Å². The Morgan fingerprint density at radius 2 is 1.84 bits per heavy atom. The smallest absolute Gasteiger partial charge is 0.0827 e. The molecule has 0 aliphatic rings. The summed E-state index contributed by atoms with van der Waals surface area (Å²) in [7, 11) is 0. The van der Waals surface area contributed by atoms with Crippen molar-refractivity contribution in [3.63, 3.8) is 0 Å². The number of H-pyrrole nitrogens is 1. The summed E-state index contributed by atoms with van der Waals surface area (Å²) >= 11 is 5.68. The van der Waals surface area contributed by atoms with Crippen molar-refractivity contribution in [1.82, 2.24) is 15.1 Å². The van der Waals surface area contributed by atoms with Crippen LogP contribution in [0, 0.1) is 0 Å². The van der Waals surface area contributed by atoms with Crippen molar-refractivity contribution in [2.24, 2.45) is 5.73 Å². The van der Waals surface area contributed by atoms with Gasteiger partial charge < -0.3 is 15.7 Å². The van der Waals surface area contributed by atoms with Crippen LogP contribution in [-0.4, -0.2) is 38.3 Å². The van der Waals surface area contributed by atoms with Gasteiger partial charge in [-0.25, -0.2) is 0 Å². The summed E-state index contributed by atoms with van der Waals surface area (Å²) in [4.78, 5) is 3.02. The maximum absolute atomic E-state index is 9.15. The monoisotopic (exact) mass is 354 g/mol. The number of aliphatic hydroxyl groups is 1. The lowest BCUT2D eigenvalue weighted by Gasteiger charge is -2.25. The van der Waals surface area contributed by atoms with Crippen molar-refractivity contribution in [2.45, 2.75) is 19.6 Å². The third kappa shape index (κ3) is 4.42. The molecule has 0 spiro atoms. The van der Waals surface area contributed by atoms with Gasteiger partial charge in [-0.3, -0.25) is 5.10 Å². The second-order valence-corrected chi connectivity index (χ2v) is 6.52. The lowest BCUT2D eigenvalue weighted by molar-refractivity contribution is 0.282. The molecule has 4 N–H and O–H groups in total. The molecule has 25 heavy (non-hydrogen) atoms. The molecule has 0 saturated carbocycles. The SMILES string of the molecule is NCCN(Cc1ccc(CO)cc1)C(=S)Cc1ccc2[nH]ncc2c1. The van der Waals surface area contributed by atoms with Crippen LogP contribution < -0.4 is 5.73 Å². The number of nitrogens with one attached hydrogen (secondary N) is 1. The number of nitrogens with zero attached hydrogens (tertiary/aromatic N) is 2. The molecule has 3 aromatic rings. The number of rotatable bonds is 7. The van der Waals surface area contributed by atoms with E-state index in [-0.39, 0.29) is 6.61 Å². The molecule has 6 heteroatoms. The van der Waals surface area contributed by atoms with E-state index in [4.69, 9.17) is 23.1 Å². The third-order valence-corrected chi connectivity index (χ3v) is 4.59. The predicted molar refractivity (Wildman–Crippen MR) is 104 cm³/mol. The van der Waals surface area contributed by atoms with Gasteiger partial charge in [0.2, 0.25) is 0 Å². The molecule has 0 unspecified atom stereocenters. The van der Waals surface area contributed by atoms with Crippen molar-refractivity contribution in [1.29, 1.82) is 0 Å². The van der Waals surface area contributed by atoms with E-state index < -0.39 is 0 Å². The Morgan fingerprint density at radius 1 is 1.12 bits per heavy atom. The summed E-state index contributed by atoms with van der Waals surface area (Å²) in [6.07, 6.45) is 2.52. The molecule has 0 saturated heterocycles. The van der Waals surface area contributed by atoms with Crippen LogP contribution >= 0.6 is 12.2 Å². The predicted octanol–water partition coefficient (Wildman–Crippen LogP) is 2.39. The van der Waals surface area contributed by atoms with E-state index >= 15 is 0 Å². The fourth-order valence-corrected chi connectivity index (χ4v) is 3.13. The average Bonchev–Trinajstić information content (AvgIpc) is 3.09. The number of aromatic amines is 1. The first-order valence-electron chi connectivity index (χ1n) is 8.28. The van der Waals surface area contributed by atoms with Crippen molar-refractivity contribution < 1.29 is 5.11 Å². The molecular weight excluding hydrogens is 332 g/mol. The Bertz CT molecular complexity index is 844. The molecule has 5 nitrogen and oxygen atoms in total. The van der Waals surface area contributed by atoms with Gasteiger partial charge in [-0.2, -0.15) is 5.10 Å². The number of fused-ring (bicyclic) bond motifs is 1.